The molecule has 2 heterocycles. The van der Waals surface area contributed by atoms with Crippen LogP contribution in [0.15, 0.2) is 36.5 Å². The van der Waals surface area contributed by atoms with Gasteiger partial charge in [0.15, 0.2) is 5.69 Å². The maximum atomic E-state index is 12.3. The molecule has 2 aromatic rings. The zero-order chi connectivity index (χ0) is 17.8. The highest BCUT2D eigenvalue weighted by atomic mass is 16.5. The average molecular weight is 342 g/mol. The van der Waals surface area contributed by atoms with Crippen LogP contribution in [0.25, 0.3) is 5.69 Å². The van der Waals surface area contributed by atoms with Gasteiger partial charge in [0.1, 0.15) is 5.75 Å². The number of aromatic nitrogens is 2. The molecule has 1 fully saturated rings. The summed E-state index contributed by atoms with van der Waals surface area (Å²) < 4.78 is 6.85. The first-order valence-corrected chi connectivity index (χ1v) is 8.79. The van der Waals surface area contributed by atoms with Crippen LogP contribution in [0.4, 0.5) is 0 Å². The smallest absolute Gasteiger partial charge is 0.271 e. The Hall–Kier alpha value is -2.34. The van der Waals surface area contributed by atoms with Crippen molar-refractivity contribution >= 4 is 5.91 Å². The highest BCUT2D eigenvalue weighted by Gasteiger charge is 2.24. The number of ether oxygens (including phenoxy) is 1. The number of benzene rings is 1. The number of carbonyl (C=O) groups is 1. The van der Waals surface area contributed by atoms with Crippen LogP contribution in [0, 0.1) is 5.92 Å². The fourth-order valence-electron chi connectivity index (χ4n) is 3.15. The number of hydrogen-bond acceptors (Lipinski definition) is 4. The molecule has 1 aliphatic heterocycles. The van der Waals surface area contributed by atoms with E-state index < -0.39 is 0 Å². The minimum Gasteiger partial charge on any atom is -0.497 e. The average Bonchev–Trinajstić information content (AvgIpc) is 3.29. The van der Waals surface area contributed by atoms with Gasteiger partial charge in [0, 0.05) is 25.3 Å². The minimum absolute atomic E-state index is 0.116. The Labute approximate surface area is 148 Å². The van der Waals surface area contributed by atoms with Gasteiger partial charge in [-0.3, -0.25) is 4.79 Å². The van der Waals surface area contributed by atoms with Crippen molar-refractivity contribution in [3.8, 4) is 11.4 Å². The van der Waals surface area contributed by atoms with Gasteiger partial charge in [-0.2, -0.15) is 5.10 Å². The van der Waals surface area contributed by atoms with E-state index in [0.717, 1.165) is 30.9 Å². The standard InChI is InChI=1S/C19H26N4O2/c1-14(2)22-10-8-15(13-22)12-20-19(24)18-9-11-23(21-18)16-4-6-17(25-3)7-5-16/h4-7,9,11,14-15H,8,10,12-13H2,1-3H3,(H,20,24). The van der Waals surface area contributed by atoms with Gasteiger partial charge in [-0.05, 0) is 63.1 Å². The molecule has 1 aromatic carbocycles. The summed E-state index contributed by atoms with van der Waals surface area (Å²) in [6.07, 6.45) is 2.94. The van der Waals surface area contributed by atoms with E-state index in [9.17, 15) is 4.79 Å². The molecule has 0 aliphatic carbocycles. The summed E-state index contributed by atoms with van der Waals surface area (Å²) in [6.45, 7) is 7.31. The van der Waals surface area contributed by atoms with Crippen LogP contribution in [0.2, 0.25) is 0 Å². The lowest BCUT2D eigenvalue weighted by molar-refractivity contribution is 0.0941. The first-order valence-electron chi connectivity index (χ1n) is 8.79. The number of rotatable bonds is 6. The van der Waals surface area contributed by atoms with Gasteiger partial charge in [0.25, 0.3) is 5.91 Å². The zero-order valence-corrected chi connectivity index (χ0v) is 15.1. The summed E-state index contributed by atoms with van der Waals surface area (Å²) >= 11 is 0. The largest absolute Gasteiger partial charge is 0.497 e. The lowest BCUT2D eigenvalue weighted by atomic mass is 10.1. The molecule has 25 heavy (non-hydrogen) atoms. The Bertz CT molecular complexity index is 708. The Morgan fingerprint density at radius 2 is 2.08 bits per heavy atom. The third-order valence-corrected chi connectivity index (χ3v) is 4.76. The topological polar surface area (TPSA) is 59.4 Å². The van der Waals surface area contributed by atoms with Crippen molar-refractivity contribution in [2.24, 2.45) is 5.92 Å². The van der Waals surface area contributed by atoms with Gasteiger partial charge in [0.05, 0.1) is 12.8 Å². The van der Waals surface area contributed by atoms with Crippen LogP contribution in [0.3, 0.4) is 0 Å². The van der Waals surface area contributed by atoms with Crippen LogP contribution in [-0.2, 0) is 0 Å². The number of likely N-dealkylation sites (tertiary alicyclic amines) is 1. The van der Waals surface area contributed by atoms with E-state index in [0.29, 0.717) is 24.2 Å². The molecular formula is C19H26N4O2. The van der Waals surface area contributed by atoms with Crippen molar-refractivity contribution in [2.75, 3.05) is 26.7 Å². The molecule has 0 bridgehead atoms. The maximum Gasteiger partial charge on any atom is 0.271 e. The van der Waals surface area contributed by atoms with E-state index in [-0.39, 0.29) is 5.91 Å². The molecular weight excluding hydrogens is 316 g/mol. The molecule has 1 atom stereocenters. The molecule has 0 spiro atoms. The number of amides is 1. The molecule has 6 heteroatoms. The van der Waals surface area contributed by atoms with Gasteiger partial charge in [-0.25, -0.2) is 4.68 Å². The number of carbonyl (C=O) groups excluding carboxylic acids is 1. The molecule has 1 N–H and O–H groups in total. The lowest BCUT2D eigenvalue weighted by Crippen LogP contribution is -2.33. The Kier molecular flexibility index (Phi) is 5.38. The van der Waals surface area contributed by atoms with Crippen molar-refractivity contribution < 1.29 is 9.53 Å². The van der Waals surface area contributed by atoms with Crippen molar-refractivity contribution in [3.05, 3.63) is 42.2 Å². The van der Waals surface area contributed by atoms with Crippen LogP contribution in [-0.4, -0.2) is 53.4 Å². The monoisotopic (exact) mass is 342 g/mol. The quantitative estimate of drug-likeness (QED) is 0.875. The fourth-order valence-corrected chi connectivity index (χ4v) is 3.15. The minimum atomic E-state index is -0.116. The fraction of sp³-hybridized carbons (Fsp3) is 0.474. The molecule has 1 unspecified atom stereocenters. The van der Waals surface area contributed by atoms with Gasteiger partial charge in [-0.1, -0.05) is 0 Å². The Morgan fingerprint density at radius 3 is 2.72 bits per heavy atom. The summed E-state index contributed by atoms with van der Waals surface area (Å²) in [6, 6.07) is 9.88. The predicted molar refractivity (Wildman–Crippen MR) is 97.3 cm³/mol. The first-order chi connectivity index (χ1) is 12.1. The van der Waals surface area contributed by atoms with Crippen molar-refractivity contribution in [2.45, 2.75) is 26.3 Å². The molecule has 0 radical (unpaired) electrons. The van der Waals surface area contributed by atoms with Gasteiger partial charge in [-0.15, -0.1) is 0 Å². The van der Waals surface area contributed by atoms with E-state index in [4.69, 9.17) is 4.74 Å². The summed E-state index contributed by atoms with van der Waals surface area (Å²) in [4.78, 5) is 14.8. The van der Waals surface area contributed by atoms with Gasteiger partial charge < -0.3 is 15.0 Å². The van der Waals surface area contributed by atoms with E-state index in [1.165, 1.54) is 0 Å². The predicted octanol–water partition coefficient (Wildman–Crippen LogP) is 2.34. The second-order valence-electron chi connectivity index (χ2n) is 6.80. The van der Waals surface area contributed by atoms with Crippen LogP contribution in [0.1, 0.15) is 30.8 Å². The molecule has 1 saturated heterocycles. The van der Waals surface area contributed by atoms with Crippen molar-refractivity contribution in [1.29, 1.82) is 0 Å². The number of hydrogen-bond donors (Lipinski definition) is 1. The molecule has 6 nitrogen and oxygen atoms in total. The normalized spacial score (nSPS) is 17.8. The van der Waals surface area contributed by atoms with E-state index in [1.54, 1.807) is 24.1 Å². The molecule has 1 amide bonds. The second kappa shape index (κ2) is 7.70. The molecule has 1 aromatic heterocycles. The van der Waals surface area contributed by atoms with E-state index in [1.807, 2.05) is 24.3 Å². The SMILES string of the molecule is COc1ccc(-n2ccc(C(=O)NCC3CCN(C(C)C)C3)n2)cc1. The summed E-state index contributed by atoms with van der Waals surface area (Å²) in [5, 5.41) is 7.40. The maximum absolute atomic E-state index is 12.3. The number of methoxy groups -OCH3 is 1. The number of nitrogens with zero attached hydrogens (tertiary/aromatic N) is 3. The molecule has 0 saturated carbocycles. The summed E-state index contributed by atoms with van der Waals surface area (Å²) in [7, 11) is 1.64. The Morgan fingerprint density at radius 1 is 1.32 bits per heavy atom. The summed E-state index contributed by atoms with van der Waals surface area (Å²) in [5.41, 5.74) is 1.33. The van der Waals surface area contributed by atoms with Crippen molar-refractivity contribution in [3.63, 3.8) is 0 Å². The van der Waals surface area contributed by atoms with Gasteiger partial charge >= 0.3 is 0 Å². The molecule has 3 rings (SSSR count). The van der Waals surface area contributed by atoms with Crippen LogP contribution < -0.4 is 10.1 Å². The molecule has 134 valence electrons. The van der Waals surface area contributed by atoms with Crippen molar-refractivity contribution in [1.82, 2.24) is 20.0 Å². The van der Waals surface area contributed by atoms with E-state index >= 15 is 0 Å². The van der Waals surface area contributed by atoms with Gasteiger partial charge in [0.2, 0.25) is 0 Å². The first kappa shape index (κ1) is 17.5. The second-order valence-corrected chi connectivity index (χ2v) is 6.80. The van der Waals surface area contributed by atoms with Crippen LogP contribution >= 0.6 is 0 Å². The summed E-state index contributed by atoms with van der Waals surface area (Å²) in [5.74, 6) is 1.20. The third kappa shape index (κ3) is 4.20. The van der Waals surface area contributed by atoms with E-state index in [2.05, 4.69) is 29.2 Å². The lowest BCUT2D eigenvalue weighted by Gasteiger charge is -2.20. The number of nitrogens with one attached hydrogen (secondary N) is 1. The zero-order valence-electron chi connectivity index (χ0n) is 15.1. The highest BCUT2D eigenvalue weighted by Crippen LogP contribution is 2.18. The third-order valence-electron chi connectivity index (χ3n) is 4.76. The highest BCUT2D eigenvalue weighted by molar-refractivity contribution is 5.92. The molecule has 1 aliphatic rings. The Balaban J connectivity index is 1.55. The van der Waals surface area contributed by atoms with Crippen LogP contribution in [0.5, 0.6) is 5.75 Å².